The van der Waals surface area contributed by atoms with E-state index in [1.807, 2.05) is 21.1 Å². The number of nitrogens with zero attached hydrogens (tertiary/aromatic N) is 1. The Morgan fingerprint density at radius 1 is 0.361 bits per heavy atom. The highest BCUT2D eigenvalue weighted by atomic mass is 16.7. The molecule has 83 heavy (non-hydrogen) atoms. The van der Waals surface area contributed by atoms with Crippen molar-refractivity contribution in [2.24, 2.45) is 0 Å². The molecular formula is C74H123NO8. The zero-order chi connectivity index (χ0) is 60.5. The first-order valence-electron chi connectivity index (χ1n) is 33.3. The molecule has 0 saturated heterocycles. The van der Waals surface area contributed by atoms with Crippen molar-refractivity contribution in [3.05, 3.63) is 134 Å². The molecule has 0 fully saturated rings. The predicted octanol–water partition coefficient (Wildman–Crippen LogP) is 19.2. The Balaban J connectivity index is 4.18. The van der Waals surface area contributed by atoms with Crippen LogP contribution in [0.4, 0.5) is 0 Å². The lowest BCUT2D eigenvalue weighted by Crippen LogP contribution is -2.44. The number of likely N-dealkylation sites (N-methyl/N-ethyl adjacent to an activating group) is 1. The number of allylic oxidation sites excluding steroid dienone is 22. The molecule has 0 aliphatic heterocycles. The summed E-state index contributed by atoms with van der Waals surface area (Å²) < 4.78 is 22.8. The molecule has 9 nitrogen and oxygen atoms in total. The van der Waals surface area contributed by atoms with Gasteiger partial charge >= 0.3 is 11.9 Å². The van der Waals surface area contributed by atoms with Crippen LogP contribution in [-0.4, -0.2) is 82.3 Å². The standard InChI is InChI=1S/C74H123NO8/c1-6-8-10-12-14-16-18-20-22-24-26-28-30-32-33-34-35-36-37-38-39-41-43-45-47-49-51-53-55-57-59-61-63-65-72(77)83-70(69-82-74(73(78)79)80-67-66-75(3,4)5)68-81-71(76)64-62-60-58-56-54-52-50-48-46-44-42-40-31-29-27-25-23-21-19-17-15-13-11-9-7-2/h8-11,14-17,20-23,26-29,32-33,35-36,40,42,70,74H,6-7,12-13,18-19,24-25,30-31,34,37-39,41,43-69H2,1-5H3/b10-8-,11-9-,16-14-,17-15-,22-20-,23-21-,28-26-,29-27-,33-32-,36-35-,42-40-. The summed E-state index contributed by atoms with van der Waals surface area (Å²) in [4.78, 5) is 37.5. The molecule has 0 aromatic rings. The van der Waals surface area contributed by atoms with Gasteiger partial charge in [-0.25, -0.2) is 0 Å². The van der Waals surface area contributed by atoms with Gasteiger partial charge in [0.1, 0.15) is 13.2 Å². The van der Waals surface area contributed by atoms with Gasteiger partial charge in [0.05, 0.1) is 40.3 Å². The molecule has 0 saturated carbocycles. The van der Waals surface area contributed by atoms with Crippen molar-refractivity contribution in [2.45, 2.75) is 270 Å². The minimum atomic E-state index is -1.63. The molecule has 0 rings (SSSR count). The number of rotatable bonds is 60. The third-order valence-electron chi connectivity index (χ3n) is 13.9. The van der Waals surface area contributed by atoms with Crippen molar-refractivity contribution in [1.29, 1.82) is 0 Å². The zero-order valence-electron chi connectivity index (χ0n) is 53.8. The van der Waals surface area contributed by atoms with Crippen LogP contribution in [0, 0.1) is 0 Å². The number of hydrogen-bond donors (Lipinski definition) is 0. The maximum Gasteiger partial charge on any atom is 0.306 e. The molecule has 0 aromatic heterocycles. The number of hydrogen-bond acceptors (Lipinski definition) is 8. The van der Waals surface area contributed by atoms with E-state index in [1.54, 1.807) is 0 Å². The number of carboxylic acid groups (broad SMARTS) is 1. The van der Waals surface area contributed by atoms with E-state index in [1.165, 1.54) is 103 Å². The monoisotopic (exact) mass is 1150 g/mol. The first-order chi connectivity index (χ1) is 40.6. The number of ether oxygens (including phenoxy) is 4. The first-order valence-corrected chi connectivity index (χ1v) is 33.3. The zero-order valence-corrected chi connectivity index (χ0v) is 53.8. The summed E-state index contributed by atoms with van der Waals surface area (Å²) in [5.41, 5.74) is 0. The van der Waals surface area contributed by atoms with E-state index in [0.29, 0.717) is 17.4 Å². The quantitative estimate of drug-likeness (QED) is 0.0195. The Kier molecular flexibility index (Phi) is 60.0. The third kappa shape index (κ3) is 64.8. The van der Waals surface area contributed by atoms with Gasteiger partial charge in [0.25, 0.3) is 0 Å². The van der Waals surface area contributed by atoms with E-state index < -0.39 is 24.3 Å². The molecular weight excluding hydrogens is 1030 g/mol. The minimum absolute atomic E-state index is 0.141. The summed E-state index contributed by atoms with van der Waals surface area (Å²) in [5, 5.41) is 11.8. The van der Waals surface area contributed by atoms with E-state index in [-0.39, 0.29) is 38.6 Å². The van der Waals surface area contributed by atoms with Gasteiger partial charge in [-0.15, -0.1) is 0 Å². The second-order valence-electron chi connectivity index (χ2n) is 23.0. The van der Waals surface area contributed by atoms with Crippen molar-refractivity contribution < 1.29 is 42.9 Å². The van der Waals surface area contributed by atoms with Gasteiger partial charge < -0.3 is 33.3 Å². The second-order valence-corrected chi connectivity index (χ2v) is 23.0. The fourth-order valence-electron chi connectivity index (χ4n) is 8.86. The molecule has 9 heteroatoms. The summed E-state index contributed by atoms with van der Waals surface area (Å²) in [6.07, 6.45) is 88.0. The molecule has 0 aromatic carbocycles. The lowest BCUT2D eigenvalue weighted by atomic mass is 10.0. The van der Waals surface area contributed by atoms with E-state index in [9.17, 15) is 19.5 Å². The molecule has 0 spiro atoms. The molecule has 0 N–H and O–H groups in total. The highest BCUT2D eigenvalue weighted by Crippen LogP contribution is 2.16. The molecule has 0 heterocycles. The Morgan fingerprint density at radius 2 is 0.651 bits per heavy atom. The summed E-state index contributed by atoms with van der Waals surface area (Å²) in [6, 6.07) is 0. The van der Waals surface area contributed by atoms with Crippen molar-refractivity contribution >= 4 is 17.9 Å². The molecule has 0 bridgehead atoms. The van der Waals surface area contributed by atoms with Crippen molar-refractivity contribution in [1.82, 2.24) is 0 Å². The largest absolute Gasteiger partial charge is 0.545 e. The van der Waals surface area contributed by atoms with Crippen LogP contribution >= 0.6 is 0 Å². The Hall–Kier alpha value is -4.57. The normalized spacial score (nSPS) is 13.6. The highest BCUT2D eigenvalue weighted by molar-refractivity contribution is 5.70. The summed E-state index contributed by atoms with van der Waals surface area (Å²) >= 11 is 0. The Morgan fingerprint density at radius 3 is 0.964 bits per heavy atom. The van der Waals surface area contributed by atoms with Crippen LogP contribution in [0.2, 0.25) is 0 Å². The van der Waals surface area contributed by atoms with Crippen LogP contribution in [0.15, 0.2) is 134 Å². The lowest BCUT2D eigenvalue weighted by Gasteiger charge is -2.26. The van der Waals surface area contributed by atoms with Gasteiger partial charge in [-0.1, -0.05) is 270 Å². The molecule has 472 valence electrons. The smallest absolute Gasteiger partial charge is 0.306 e. The maximum absolute atomic E-state index is 12.9. The average molecular weight is 1150 g/mol. The predicted molar refractivity (Wildman–Crippen MR) is 352 cm³/mol. The minimum Gasteiger partial charge on any atom is -0.545 e. The van der Waals surface area contributed by atoms with Crippen LogP contribution in [-0.2, 0) is 33.3 Å². The highest BCUT2D eigenvalue weighted by Gasteiger charge is 2.22. The Labute approximate surface area is 509 Å². The average Bonchev–Trinajstić information content (AvgIpc) is 3.46. The van der Waals surface area contributed by atoms with Crippen molar-refractivity contribution in [2.75, 3.05) is 47.5 Å². The number of carbonyl (C=O) groups excluding carboxylic acids is 3. The third-order valence-corrected chi connectivity index (χ3v) is 13.9. The number of quaternary nitrogens is 1. The van der Waals surface area contributed by atoms with Gasteiger partial charge in [0.15, 0.2) is 12.4 Å². The van der Waals surface area contributed by atoms with E-state index in [4.69, 9.17) is 18.9 Å². The van der Waals surface area contributed by atoms with Crippen LogP contribution < -0.4 is 5.11 Å². The fourth-order valence-corrected chi connectivity index (χ4v) is 8.86. The van der Waals surface area contributed by atoms with E-state index in [2.05, 4.69) is 148 Å². The van der Waals surface area contributed by atoms with Gasteiger partial charge in [0, 0.05) is 12.8 Å². The molecule has 0 amide bonds. The van der Waals surface area contributed by atoms with Gasteiger partial charge in [-0.3, -0.25) is 9.59 Å². The van der Waals surface area contributed by atoms with Crippen molar-refractivity contribution in [3.63, 3.8) is 0 Å². The van der Waals surface area contributed by atoms with Crippen LogP contribution in [0.25, 0.3) is 0 Å². The van der Waals surface area contributed by atoms with Crippen LogP contribution in [0.1, 0.15) is 258 Å². The number of unbranched alkanes of at least 4 members (excludes halogenated alkanes) is 23. The Bertz CT molecular complexity index is 1820. The molecule has 0 aliphatic rings. The summed E-state index contributed by atoms with van der Waals surface area (Å²) in [7, 11) is 5.92. The number of aliphatic carboxylic acids is 1. The summed E-state index contributed by atoms with van der Waals surface area (Å²) in [5.74, 6) is -2.30. The molecule has 0 radical (unpaired) electrons. The summed E-state index contributed by atoms with van der Waals surface area (Å²) in [6.45, 7) is 4.51. The SMILES string of the molecule is CC/C=C\C/C=C\C/C=C\C/C=C\C/C=C\C/C=C\CCCCCCCCCCCCCCCCC(=O)OC(COC(=O)CCCCCCCCCCC/C=C\C/C=C\C/C=C\C/C=C\C/C=C\CC)COC(OCC[N+](C)(C)C)C(=O)[O-]. The molecule has 2 unspecified atom stereocenters. The van der Waals surface area contributed by atoms with Crippen LogP contribution in [0.3, 0.4) is 0 Å². The van der Waals surface area contributed by atoms with E-state index in [0.717, 1.165) is 122 Å². The van der Waals surface area contributed by atoms with Gasteiger partial charge in [-0.05, 0) is 109 Å². The number of carbonyl (C=O) groups is 3. The molecule has 2 atom stereocenters. The molecule has 0 aliphatic carbocycles. The second kappa shape index (κ2) is 63.5. The lowest BCUT2D eigenvalue weighted by molar-refractivity contribution is -0.870. The fraction of sp³-hybridized carbons (Fsp3) is 0.662. The van der Waals surface area contributed by atoms with Crippen LogP contribution in [0.5, 0.6) is 0 Å². The maximum atomic E-state index is 12.9. The number of esters is 2. The van der Waals surface area contributed by atoms with E-state index >= 15 is 0 Å². The first kappa shape index (κ1) is 78.4. The van der Waals surface area contributed by atoms with Gasteiger partial charge in [-0.2, -0.15) is 0 Å². The number of carboxylic acids is 1. The van der Waals surface area contributed by atoms with Crippen molar-refractivity contribution in [3.8, 4) is 0 Å². The van der Waals surface area contributed by atoms with Gasteiger partial charge in [0.2, 0.25) is 0 Å². The topological polar surface area (TPSA) is 111 Å².